The highest BCUT2D eigenvalue weighted by Gasteiger charge is 2.31. The normalized spacial score (nSPS) is 12.5. The molecule has 0 amide bonds. The van der Waals surface area contributed by atoms with Gasteiger partial charge in [0, 0.05) is 24.0 Å². The molecule has 0 saturated heterocycles. The van der Waals surface area contributed by atoms with Crippen LogP contribution in [0.1, 0.15) is 26.3 Å². The van der Waals surface area contributed by atoms with Crippen molar-refractivity contribution in [2.45, 2.75) is 33.5 Å². The van der Waals surface area contributed by atoms with E-state index in [2.05, 4.69) is 0 Å². The number of halogens is 3. The maximum absolute atomic E-state index is 13.2. The van der Waals surface area contributed by atoms with Crippen LogP contribution in [0.4, 0.5) is 24.5 Å². The van der Waals surface area contributed by atoms with E-state index in [0.717, 1.165) is 12.1 Å². The summed E-state index contributed by atoms with van der Waals surface area (Å²) in [6.07, 6.45) is -4.44. The molecule has 0 atom stereocenters. The number of hydrogen-bond donors (Lipinski definition) is 1. The van der Waals surface area contributed by atoms with Crippen molar-refractivity contribution in [3.63, 3.8) is 0 Å². The fourth-order valence-corrected chi connectivity index (χ4v) is 4.82. The summed E-state index contributed by atoms with van der Waals surface area (Å²) in [5, 5.41) is 0.549. The highest BCUT2D eigenvalue weighted by atomic mass is 32.2. The molecule has 1 heterocycles. The van der Waals surface area contributed by atoms with Gasteiger partial charge in [-0.15, -0.1) is 0 Å². The van der Waals surface area contributed by atoms with Crippen molar-refractivity contribution in [1.82, 2.24) is 4.57 Å². The van der Waals surface area contributed by atoms with Crippen molar-refractivity contribution < 1.29 is 21.6 Å². The lowest BCUT2D eigenvalue weighted by atomic mass is 10.1. The quantitative estimate of drug-likeness (QED) is 0.581. The maximum atomic E-state index is 13.2. The summed E-state index contributed by atoms with van der Waals surface area (Å²) in [6, 6.07) is 10.4. The van der Waals surface area contributed by atoms with E-state index in [1.165, 1.54) is 10.4 Å². The van der Waals surface area contributed by atoms with Crippen LogP contribution >= 0.6 is 0 Å². The van der Waals surface area contributed by atoms with Gasteiger partial charge in [-0.2, -0.15) is 13.2 Å². The fraction of sp³-hybridized carbons (Fsp3) is 0.333. The largest absolute Gasteiger partial charge is 0.416 e. The third kappa shape index (κ3) is 3.74. The Kier molecular flexibility index (Phi) is 5.77. The summed E-state index contributed by atoms with van der Waals surface area (Å²) >= 11 is 0. The summed E-state index contributed by atoms with van der Waals surface area (Å²) in [6.45, 7) is 5.91. The topological polar surface area (TPSA) is 68.3 Å². The zero-order valence-electron chi connectivity index (χ0n) is 17.0. The highest BCUT2D eigenvalue weighted by Crippen LogP contribution is 2.39. The average molecular weight is 440 g/mol. The number of aromatic nitrogens is 1. The minimum Gasteiger partial charge on any atom is -0.396 e. The van der Waals surface area contributed by atoms with E-state index < -0.39 is 21.8 Å². The van der Waals surface area contributed by atoms with E-state index >= 15 is 0 Å². The Bertz CT molecular complexity index is 1170. The molecule has 0 aliphatic carbocycles. The molecule has 0 aliphatic rings. The van der Waals surface area contributed by atoms with Crippen molar-refractivity contribution in [2.24, 2.45) is 0 Å². The van der Waals surface area contributed by atoms with Crippen molar-refractivity contribution >= 4 is 32.3 Å². The van der Waals surface area contributed by atoms with Crippen LogP contribution in [0.25, 0.3) is 22.2 Å². The van der Waals surface area contributed by atoms with Crippen LogP contribution in [0.15, 0.2) is 42.5 Å². The maximum Gasteiger partial charge on any atom is 0.416 e. The van der Waals surface area contributed by atoms with Gasteiger partial charge in [0.2, 0.25) is 10.0 Å². The van der Waals surface area contributed by atoms with Gasteiger partial charge in [-0.3, -0.25) is 4.31 Å². The molecule has 0 aliphatic heterocycles. The Balaban J connectivity index is 2.14. The lowest BCUT2D eigenvalue weighted by Gasteiger charge is -2.22. The summed E-state index contributed by atoms with van der Waals surface area (Å²) in [5.74, 6) is -0.0127. The molecule has 0 spiro atoms. The van der Waals surface area contributed by atoms with Crippen LogP contribution in [0.2, 0.25) is 0 Å². The molecule has 0 fully saturated rings. The number of aryl methyl sites for hydroxylation is 1. The van der Waals surface area contributed by atoms with Crippen molar-refractivity contribution in [3.05, 3.63) is 48.0 Å². The van der Waals surface area contributed by atoms with E-state index in [9.17, 15) is 21.6 Å². The molecular weight excluding hydrogens is 415 g/mol. The summed E-state index contributed by atoms with van der Waals surface area (Å²) in [7, 11) is -3.40. The fourth-order valence-electron chi connectivity index (χ4n) is 3.67. The molecule has 1 aromatic heterocycles. The number of sulfonamides is 1. The second-order valence-corrected chi connectivity index (χ2v) is 9.03. The molecule has 3 rings (SSSR count). The Morgan fingerprint density at radius 1 is 1.03 bits per heavy atom. The number of benzene rings is 2. The van der Waals surface area contributed by atoms with E-state index in [-0.39, 0.29) is 5.75 Å². The van der Waals surface area contributed by atoms with Crippen LogP contribution in [0, 0.1) is 0 Å². The summed E-state index contributed by atoms with van der Waals surface area (Å²) < 4.78 is 67.1. The molecule has 0 radical (unpaired) electrons. The van der Waals surface area contributed by atoms with Gasteiger partial charge in [0.05, 0.1) is 33.9 Å². The number of nitrogens with two attached hydrogens (primary N) is 1. The second-order valence-electron chi connectivity index (χ2n) is 6.85. The van der Waals surface area contributed by atoms with Crippen molar-refractivity contribution in [3.8, 4) is 11.3 Å². The molecule has 2 N–H and O–H groups in total. The van der Waals surface area contributed by atoms with Crippen LogP contribution < -0.4 is 10.0 Å². The Morgan fingerprint density at radius 3 is 2.17 bits per heavy atom. The number of nitrogen functional groups attached to an aromatic ring is 1. The Labute approximate surface area is 174 Å². The van der Waals surface area contributed by atoms with Crippen LogP contribution in [0.3, 0.4) is 0 Å². The number of anilines is 2. The van der Waals surface area contributed by atoms with Gasteiger partial charge in [0.15, 0.2) is 0 Å². The number of rotatable bonds is 6. The van der Waals surface area contributed by atoms with Crippen LogP contribution in [0.5, 0.6) is 0 Å². The van der Waals surface area contributed by atoms with Crippen LogP contribution in [-0.2, 0) is 22.7 Å². The Morgan fingerprint density at radius 2 is 1.67 bits per heavy atom. The molecule has 0 saturated carbocycles. The first-order valence-electron chi connectivity index (χ1n) is 9.64. The zero-order chi connectivity index (χ0) is 22.3. The highest BCUT2D eigenvalue weighted by molar-refractivity contribution is 7.92. The van der Waals surface area contributed by atoms with Gasteiger partial charge in [-0.05, 0) is 45.0 Å². The Hall–Kier alpha value is -2.68. The van der Waals surface area contributed by atoms with Gasteiger partial charge in [0.1, 0.15) is 0 Å². The number of fused-ring (bicyclic) bond motifs is 1. The van der Waals surface area contributed by atoms with E-state index in [1.54, 1.807) is 42.7 Å². The van der Waals surface area contributed by atoms with Gasteiger partial charge < -0.3 is 10.3 Å². The zero-order valence-corrected chi connectivity index (χ0v) is 17.8. The smallest absolute Gasteiger partial charge is 0.396 e. The molecule has 30 heavy (non-hydrogen) atoms. The van der Waals surface area contributed by atoms with E-state index in [0.29, 0.717) is 46.6 Å². The standard InChI is InChI=1S/C21H24F3N3O2S/c1-4-26-18-13-15(21(22,23)24)9-12-17(18)19(25)20(26)14-7-10-16(11-8-14)27(5-2)30(28,29)6-3/h7-13H,4-6,25H2,1-3H3. The van der Waals surface area contributed by atoms with Crippen molar-refractivity contribution in [2.75, 3.05) is 22.3 Å². The second kappa shape index (κ2) is 7.86. The molecule has 9 heteroatoms. The predicted molar refractivity (Wildman–Crippen MR) is 115 cm³/mol. The minimum atomic E-state index is -4.44. The third-order valence-corrected chi connectivity index (χ3v) is 7.03. The van der Waals surface area contributed by atoms with E-state index in [1.807, 2.05) is 6.92 Å². The monoisotopic (exact) mass is 439 g/mol. The summed E-state index contributed by atoms with van der Waals surface area (Å²) in [5.41, 5.74) is 8.22. The predicted octanol–water partition coefficient (Wildman–Crippen LogP) is 5.11. The van der Waals surface area contributed by atoms with Gasteiger partial charge in [-0.25, -0.2) is 8.42 Å². The molecule has 5 nitrogen and oxygen atoms in total. The lowest BCUT2D eigenvalue weighted by Crippen LogP contribution is -2.31. The molecule has 0 bridgehead atoms. The summed E-state index contributed by atoms with van der Waals surface area (Å²) in [4.78, 5) is 0. The molecular formula is C21H24F3N3O2S. The lowest BCUT2D eigenvalue weighted by molar-refractivity contribution is -0.137. The first kappa shape index (κ1) is 22.0. The van der Waals surface area contributed by atoms with Crippen molar-refractivity contribution in [1.29, 1.82) is 0 Å². The van der Waals surface area contributed by atoms with Gasteiger partial charge in [0.25, 0.3) is 0 Å². The first-order valence-corrected chi connectivity index (χ1v) is 11.3. The molecule has 2 aromatic carbocycles. The first-order chi connectivity index (χ1) is 14.0. The molecule has 162 valence electrons. The number of nitrogens with zero attached hydrogens (tertiary/aromatic N) is 2. The molecule has 0 unspecified atom stereocenters. The van der Waals surface area contributed by atoms with Crippen LogP contribution in [-0.4, -0.2) is 25.3 Å². The van der Waals surface area contributed by atoms with Gasteiger partial charge in [-0.1, -0.05) is 18.2 Å². The third-order valence-electron chi connectivity index (χ3n) is 5.16. The average Bonchev–Trinajstić information content (AvgIpc) is 2.99. The number of hydrogen-bond acceptors (Lipinski definition) is 3. The minimum absolute atomic E-state index is 0.0127. The van der Waals surface area contributed by atoms with E-state index in [4.69, 9.17) is 5.73 Å². The van der Waals surface area contributed by atoms with Gasteiger partial charge >= 0.3 is 6.18 Å². The SMILES string of the molecule is CCN(c1ccc(-c2c(N)c3ccc(C(F)(F)F)cc3n2CC)cc1)S(=O)(=O)CC. The molecule has 3 aromatic rings. The number of alkyl halides is 3.